The largest absolute Gasteiger partial charge is 0.484 e. The van der Waals surface area contributed by atoms with E-state index < -0.39 is 11.4 Å². The molecule has 1 aliphatic rings. The van der Waals surface area contributed by atoms with Gasteiger partial charge >= 0.3 is 5.97 Å². The van der Waals surface area contributed by atoms with E-state index in [-0.39, 0.29) is 19.1 Å². The predicted molar refractivity (Wildman–Crippen MR) is 78.2 cm³/mol. The Balaban J connectivity index is 1.75. The van der Waals surface area contributed by atoms with E-state index in [1.165, 1.54) is 5.56 Å². The Hall–Kier alpha value is -2.04. The van der Waals surface area contributed by atoms with Gasteiger partial charge in [-0.3, -0.25) is 9.59 Å². The monoisotopic (exact) mass is 291 g/mol. The van der Waals surface area contributed by atoms with Gasteiger partial charge in [0.1, 0.15) is 5.75 Å². The third-order valence-electron chi connectivity index (χ3n) is 4.09. The number of aryl methyl sites for hydroxylation is 1. The summed E-state index contributed by atoms with van der Waals surface area (Å²) in [7, 11) is 0. The van der Waals surface area contributed by atoms with E-state index in [1.807, 2.05) is 24.3 Å². The Morgan fingerprint density at radius 2 is 1.95 bits per heavy atom. The molecule has 5 nitrogen and oxygen atoms in total. The van der Waals surface area contributed by atoms with Crippen molar-refractivity contribution in [2.45, 2.75) is 32.6 Å². The molecular formula is C16H21NO4. The molecule has 21 heavy (non-hydrogen) atoms. The van der Waals surface area contributed by atoms with Gasteiger partial charge in [0.25, 0.3) is 5.91 Å². The molecule has 0 spiro atoms. The first-order valence-electron chi connectivity index (χ1n) is 7.27. The Kier molecular flexibility index (Phi) is 4.83. The smallest absolute Gasteiger partial charge is 0.311 e. The van der Waals surface area contributed by atoms with Crippen LogP contribution >= 0.6 is 0 Å². The van der Waals surface area contributed by atoms with Crippen LogP contribution in [0.15, 0.2) is 24.3 Å². The van der Waals surface area contributed by atoms with Crippen molar-refractivity contribution in [1.29, 1.82) is 0 Å². The van der Waals surface area contributed by atoms with Gasteiger partial charge in [-0.15, -0.1) is 0 Å². The van der Waals surface area contributed by atoms with Gasteiger partial charge in [0, 0.05) is 6.54 Å². The van der Waals surface area contributed by atoms with Crippen molar-refractivity contribution in [2.24, 2.45) is 5.41 Å². The molecule has 114 valence electrons. The Morgan fingerprint density at radius 3 is 2.43 bits per heavy atom. The molecule has 5 heteroatoms. The maximum atomic E-state index is 11.7. The maximum absolute atomic E-state index is 11.7. The number of carbonyl (C=O) groups excluding carboxylic acids is 1. The molecule has 0 atom stereocenters. The van der Waals surface area contributed by atoms with Crippen LogP contribution in [-0.2, 0) is 16.0 Å². The molecule has 0 saturated heterocycles. The molecule has 0 heterocycles. The number of hydrogen-bond donors (Lipinski definition) is 2. The van der Waals surface area contributed by atoms with E-state index in [0.29, 0.717) is 18.6 Å². The zero-order valence-electron chi connectivity index (χ0n) is 12.2. The van der Waals surface area contributed by atoms with Gasteiger partial charge in [0.05, 0.1) is 5.41 Å². The van der Waals surface area contributed by atoms with Crippen LogP contribution in [0.25, 0.3) is 0 Å². The van der Waals surface area contributed by atoms with Crippen molar-refractivity contribution in [2.75, 3.05) is 13.2 Å². The van der Waals surface area contributed by atoms with Gasteiger partial charge in [-0.25, -0.2) is 0 Å². The summed E-state index contributed by atoms with van der Waals surface area (Å²) in [5.74, 6) is -0.480. The lowest BCUT2D eigenvalue weighted by atomic mass is 9.69. The zero-order valence-corrected chi connectivity index (χ0v) is 12.2. The SMILES string of the molecule is CCc1ccc(OCC(=O)NCC2(C(=O)O)CCC2)cc1. The van der Waals surface area contributed by atoms with Crippen LogP contribution in [0, 0.1) is 5.41 Å². The standard InChI is InChI=1S/C16H21NO4/c1-2-12-4-6-13(7-5-12)21-10-14(18)17-11-16(15(19)20)8-3-9-16/h4-7H,2-3,8-11H2,1H3,(H,17,18)(H,19,20). The highest BCUT2D eigenvalue weighted by Crippen LogP contribution is 2.40. The number of rotatable bonds is 7. The molecule has 1 fully saturated rings. The van der Waals surface area contributed by atoms with E-state index in [9.17, 15) is 14.7 Å². The number of carboxylic acid groups (broad SMARTS) is 1. The number of aliphatic carboxylic acids is 1. The molecule has 0 unspecified atom stereocenters. The van der Waals surface area contributed by atoms with Gasteiger partial charge < -0.3 is 15.2 Å². The summed E-state index contributed by atoms with van der Waals surface area (Å²) in [4.78, 5) is 22.9. The lowest BCUT2D eigenvalue weighted by Gasteiger charge is -2.37. The van der Waals surface area contributed by atoms with Crippen molar-refractivity contribution in [1.82, 2.24) is 5.32 Å². The number of nitrogens with one attached hydrogen (secondary N) is 1. The number of hydrogen-bond acceptors (Lipinski definition) is 3. The highest BCUT2D eigenvalue weighted by atomic mass is 16.5. The van der Waals surface area contributed by atoms with Crippen molar-refractivity contribution in [3.8, 4) is 5.75 Å². The minimum Gasteiger partial charge on any atom is -0.484 e. The topological polar surface area (TPSA) is 75.6 Å². The number of carboxylic acids is 1. The number of amides is 1. The molecule has 1 saturated carbocycles. The molecule has 2 rings (SSSR count). The summed E-state index contributed by atoms with van der Waals surface area (Å²) in [6, 6.07) is 7.58. The van der Waals surface area contributed by atoms with Crippen LogP contribution in [0.2, 0.25) is 0 Å². The first kappa shape index (κ1) is 15.4. The molecule has 0 aromatic heterocycles. The minimum atomic E-state index is -0.829. The summed E-state index contributed by atoms with van der Waals surface area (Å²) in [5, 5.41) is 11.8. The first-order valence-corrected chi connectivity index (χ1v) is 7.27. The number of ether oxygens (including phenoxy) is 1. The second-order valence-electron chi connectivity index (χ2n) is 5.50. The Morgan fingerprint density at radius 1 is 1.29 bits per heavy atom. The third-order valence-corrected chi connectivity index (χ3v) is 4.09. The van der Waals surface area contributed by atoms with Crippen LogP contribution in [0.5, 0.6) is 5.75 Å². The lowest BCUT2D eigenvalue weighted by molar-refractivity contribution is -0.154. The van der Waals surface area contributed by atoms with Crippen LogP contribution in [0.4, 0.5) is 0 Å². The van der Waals surface area contributed by atoms with E-state index in [0.717, 1.165) is 12.8 Å². The molecule has 0 radical (unpaired) electrons. The average molecular weight is 291 g/mol. The quantitative estimate of drug-likeness (QED) is 0.805. The summed E-state index contributed by atoms with van der Waals surface area (Å²) in [6.07, 6.45) is 3.12. The normalized spacial score (nSPS) is 15.9. The molecular weight excluding hydrogens is 270 g/mol. The molecule has 2 N–H and O–H groups in total. The Bertz CT molecular complexity index is 506. The van der Waals surface area contributed by atoms with Crippen LogP contribution in [-0.4, -0.2) is 30.1 Å². The van der Waals surface area contributed by atoms with E-state index in [2.05, 4.69) is 12.2 Å². The van der Waals surface area contributed by atoms with Crippen LogP contribution < -0.4 is 10.1 Å². The average Bonchev–Trinajstić information content (AvgIpc) is 2.44. The van der Waals surface area contributed by atoms with Gasteiger partial charge in [-0.1, -0.05) is 25.5 Å². The fraction of sp³-hybridized carbons (Fsp3) is 0.500. The summed E-state index contributed by atoms with van der Waals surface area (Å²) in [6.45, 7) is 2.16. The van der Waals surface area contributed by atoms with E-state index in [4.69, 9.17) is 4.74 Å². The first-order chi connectivity index (χ1) is 10.1. The van der Waals surface area contributed by atoms with Gasteiger partial charge in [-0.2, -0.15) is 0 Å². The zero-order chi connectivity index (χ0) is 15.3. The third kappa shape index (κ3) is 3.74. The summed E-state index contributed by atoms with van der Waals surface area (Å²) >= 11 is 0. The van der Waals surface area contributed by atoms with Crippen LogP contribution in [0.3, 0.4) is 0 Å². The molecule has 1 aliphatic carbocycles. The van der Waals surface area contributed by atoms with Gasteiger partial charge in [0.2, 0.25) is 0 Å². The molecule has 0 aliphatic heterocycles. The van der Waals surface area contributed by atoms with E-state index >= 15 is 0 Å². The highest BCUT2D eigenvalue weighted by Gasteiger charge is 2.44. The number of benzene rings is 1. The Labute approximate surface area is 124 Å². The fourth-order valence-electron chi connectivity index (χ4n) is 2.36. The molecule has 0 bridgehead atoms. The van der Waals surface area contributed by atoms with Crippen molar-refractivity contribution in [3.63, 3.8) is 0 Å². The maximum Gasteiger partial charge on any atom is 0.311 e. The predicted octanol–water partition coefficient (Wildman–Crippen LogP) is 2.00. The second kappa shape index (κ2) is 6.61. The van der Waals surface area contributed by atoms with Crippen molar-refractivity contribution < 1.29 is 19.4 Å². The van der Waals surface area contributed by atoms with Crippen molar-refractivity contribution in [3.05, 3.63) is 29.8 Å². The second-order valence-corrected chi connectivity index (χ2v) is 5.50. The van der Waals surface area contributed by atoms with Gasteiger partial charge in [-0.05, 0) is 37.0 Å². The summed E-state index contributed by atoms with van der Waals surface area (Å²) < 4.78 is 5.39. The fourth-order valence-corrected chi connectivity index (χ4v) is 2.36. The summed E-state index contributed by atoms with van der Waals surface area (Å²) in [5.41, 5.74) is 0.443. The van der Waals surface area contributed by atoms with E-state index in [1.54, 1.807) is 0 Å². The minimum absolute atomic E-state index is 0.0961. The molecule has 1 aromatic rings. The van der Waals surface area contributed by atoms with Crippen molar-refractivity contribution >= 4 is 11.9 Å². The highest BCUT2D eigenvalue weighted by molar-refractivity contribution is 5.80. The lowest BCUT2D eigenvalue weighted by Crippen LogP contribution is -2.48. The van der Waals surface area contributed by atoms with Crippen LogP contribution in [0.1, 0.15) is 31.7 Å². The number of carbonyl (C=O) groups is 2. The van der Waals surface area contributed by atoms with Gasteiger partial charge in [0.15, 0.2) is 6.61 Å². The molecule has 1 aromatic carbocycles. The molecule has 1 amide bonds.